The molecule has 26 heavy (non-hydrogen) atoms. The van der Waals surface area contributed by atoms with Gasteiger partial charge in [0, 0.05) is 0 Å². The molecule has 3 aromatic rings. The quantitative estimate of drug-likeness (QED) is 0.430. The first-order chi connectivity index (χ1) is 12.7. The summed E-state index contributed by atoms with van der Waals surface area (Å²) < 4.78 is 0.563. The number of para-hydroxylation sites is 1. The Kier molecular flexibility index (Phi) is 4.69. The molecule has 0 radical (unpaired) electrons. The predicted molar refractivity (Wildman–Crippen MR) is 114 cm³/mol. The van der Waals surface area contributed by atoms with E-state index in [1.54, 1.807) is 4.90 Å². The van der Waals surface area contributed by atoms with Gasteiger partial charge >= 0.3 is 0 Å². The van der Waals surface area contributed by atoms with Gasteiger partial charge in [-0.25, -0.2) is 0 Å². The highest BCUT2D eigenvalue weighted by atomic mass is 32.2. The summed E-state index contributed by atoms with van der Waals surface area (Å²) in [7, 11) is 0. The number of hydrogen-bond acceptors (Lipinski definition) is 3. The molecule has 4 rings (SSSR count). The van der Waals surface area contributed by atoms with E-state index in [1.165, 1.54) is 17.3 Å². The van der Waals surface area contributed by atoms with Crippen molar-refractivity contribution in [2.45, 2.75) is 0 Å². The minimum atomic E-state index is -0.0710. The third-order valence-corrected chi connectivity index (χ3v) is 5.43. The molecule has 1 saturated heterocycles. The Balaban J connectivity index is 1.59. The largest absolute Gasteiger partial charge is 0.270 e. The first kappa shape index (κ1) is 16.8. The van der Waals surface area contributed by atoms with Crippen LogP contribution in [0.15, 0.2) is 89.8 Å². The van der Waals surface area contributed by atoms with Crippen LogP contribution in [0, 0.1) is 0 Å². The summed E-state index contributed by atoms with van der Waals surface area (Å²) in [6, 6.07) is 27.9. The Morgan fingerprint density at radius 3 is 2.00 bits per heavy atom. The molecule has 1 aliphatic heterocycles. The van der Waals surface area contributed by atoms with E-state index in [2.05, 4.69) is 24.3 Å². The maximum Gasteiger partial charge on any atom is 0.270 e. The lowest BCUT2D eigenvalue weighted by Gasteiger charge is -2.13. The summed E-state index contributed by atoms with van der Waals surface area (Å²) in [6.45, 7) is 0. The van der Waals surface area contributed by atoms with Crippen molar-refractivity contribution < 1.29 is 4.79 Å². The van der Waals surface area contributed by atoms with Crippen LogP contribution in [0.5, 0.6) is 0 Å². The number of hydrogen-bond donors (Lipinski definition) is 0. The lowest BCUT2D eigenvalue weighted by molar-refractivity contribution is -0.113. The third kappa shape index (κ3) is 3.34. The number of carbonyl (C=O) groups excluding carboxylic acids is 1. The molecule has 1 aliphatic rings. The summed E-state index contributed by atoms with van der Waals surface area (Å²) in [5.41, 5.74) is 4.12. The Morgan fingerprint density at radius 2 is 1.35 bits per heavy atom. The number of carbonyl (C=O) groups is 1. The average Bonchev–Trinajstić information content (AvgIpc) is 2.97. The van der Waals surface area contributed by atoms with E-state index in [1.807, 2.05) is 66.7 Å². The lowest BCUT2D eigenvalue weighted by atomic mass is 10.0. The smallest absolute Gasteiger partial charge is 0.268 e. The zero-order valence-corrected chi connectivity index (χ0v) is 15.5. The van der Waals surface area contributed by atoms with Gasteiger partial charge in [-0.2, -0.15) is 0 Å². The SMILES string of the molecule is O=C1/C(=C/c2ccc(-c3ccccc3)cc2)SC(=S)N1c1ccccc1. The van der Waals surface area contributed by atoms with Crippen LogP contribution < -0.4 is 4.90 Å². The second-order valence-electron chi connectivity index (χ2n) is 5.84. The number of thiocarbonyl (C=S) groups is 1. The second-order valence-corrected chi connectivity index (χ2v) is 7.52. The summed E-state index contributed by atoms with van der Waals surface area (Å²) in [5, 5.41) is 0. The van der Waals surface area contributed by atoms with Crippen LogP contribution >= 0.6 is 24.0 Å². The van der Waals surface area contributed by atoms with Crippen LogP contribution in [0.25, 0.3) is 17.2 Å². The van der Waals surface area contributed by atoms with Crippen LogP contribution in [-0.4, -0.2) is 10.2 Å². The molecule has 0 bridgehead atoms. The highest BCUT2D eigenvalue weighted by Gasteiger charge is 2.33. The molecule has 0 unspecified atom stereocenters. The minimum absolute atomic E-state index is 0.0710. The molecule has 1 heterocycles. The van der Waals surface area contributed by atoms with E-state index < -0.39 is 0 Å². The third-order valence-electron chi connectivity index (χ3n) is 4.12. The molecule has 2 nitrogen and oxygen atoms in total. The molecular weight excluding hydrogens is 358 g/mol. The monoisotopic (exact) mass is 373 g/mol. The average molecular weight is 374 g/mol. The molecule has 0 atom stereocenters. The van der Waals surface area contributed by atoms with Crippen molar-refractivity contribution in [3.8, 4) is 11.1 Å². The number of rotatable bonds is 3. The lowest BCUT2D eigenvalue weighted by Crippen LogP contribution is -2.27. The van der Waals surface area contributed by atoms with Gasteiger partial charge in [0.1, 0.15) is 0 Å². The fourth-order valence-electron chi connectivity index (χ4n) is 2.82. The summed E-state index contributed by atoms with van der Waals surface area (Å²) in [6.07, 6.45) is 1.90. The fourth-order valence-corrected chi connectivity index (χ4v) is 4.12. The highest BCUT2D eigenvalue weighted by molar-refractivity contribution is 8.27. The van der Waals surface area contributed by atoms with Crippen LogP contribution in [-0.2, 0) is 4.79 Å². The maximum absolute atomic E-state index is 12.8. The Hall–Kier alpha value is -2.69. The van der Waals surface area contributed by atoms with Crippen molar-refractivity contribution in [3.05, 3.63) is 95.4 Å². The summed E-state index contributed by atoms with van der Waals surface area (Å²) in [4.78, 5) is 15.0. The van der Waals surface area contributed by atoms with Crippen LogP contribution in [0.4, 0.5) is 5.69 Å². The topological polar surface area (TPSA) is 20.3 Å². The summed E-state index contributed by atoms with van der Waals surface area (Å²) in [5.74, 6) is -0.0710. The molecule has 1 amide bonds. The standard InChI is InChI=1S/C22H15NOS2/c24-21-20(26-22(25)23(21)19-9-5-2-6-10-19)15-16-11-13-18(14-12-16)17-7-3-1-4-8-17/h1-15H/b20-15-. The van der Waals surface area contributed by atoms with Crippen molar-refractivity contribution in [2.24, 2.45) is 0 Å². The van der Waals surface area contributed by atoms with Crippen LogP contribution in [0.1, 0.15) is 5.56 Å². The molecule has 0 N–H and O–H groups in total. The predicted octanol–water partition coefficient (Wildman–Crippen LogP) is 5.76. The van der Waals surface area contributed by atoms with Crippen molar-refractivity contribution in [1.29, 1.82) is 0 Å². The van der Waals surface area contributed by atoms with E-state index >= 15 is 0 Å². The van der Waals surface area contributed by atoms with E-state index in [-0.39, 0.29) is 5.91 Å². The maximum atomic E-state index is 12.8. The molecule has 4 heteroatoms. The van der Waals surface area contributed by atoms with Gasteiger partial charge in [0.05, 0.1) is 10.6 Å². The van der Waals surface area contributed by atoms with E-state index in [0.717, 1.165) is 16.8 Å². The first-order valence-corrected chi connectivity index (χ1v) is 9.43. The number of benzene rings is 3. The molecule has 3 aromatic carbocycles. The highest BCUT2D eigenvalue weighted by Crippen LogP contribution is 2.36. The van der Waals surface area contributed by atoms with Gasteiger partial charge in [-0.05, 0) is 34.9 Å². The van der Waals surface area contributed by atoms with Crippen molar-refractivity contribution >= 4 is 46.0 Å². The zero-order valence-electron chi connectivity index (χ0n) is 13.8. The van der Waals surface area contributed by atoms with Gasteiger partial charge in [-0.1, -0.05) is 96.8 Å². The van der Waals surface area contributed by atoms with Gasteiger partial charge in [0.15, 0.2) is 4.32 Å². The number of nitrogens with zero attached hydrogens (tertiary/aromatic N) is 1. The van der Waals surface area contributed by atoms with E-state index in [9.17, 15) is 4.79 Å². The zero-order chi connectivity index (χ0) is 17.9. The van der Waals surface area contributed by atoms with Gasteiger partial charge in [-0.3, -0.25) is 9.69 Å². The van der Waals surface area contributed by atoms with Crippen molar-refractivity contribution in [3.63, 3.8) is 0 Å². The molecule has 0 aliphatic carbocycles. The molecule has 0 aromatic heterocycles. The molecule has 1 fully saturated rings. The second kappa shape index (κ2) is 7.28. The minimum Gasteiger partial charge on any atom is -0.268 e. The Morgan fingerprint density at radius 1 is 0.769 bits per heavy atom. The van der Waals surface area contributed by atoms with Crippen LogP contribution in [0.3, 0.4) is 0 Å². The molecule has 0 saturated carbocycles. The number of amides is 1. The normalized spacial score (nSPS) is 15.7. The van der Waals surface area contributed by atoms with Gasteiger partial charge < -0.3 is 0 Å². The number of thioether (sulfide) groups is 1. The summed E-state index contributed by atoms with van der Waals surface area (Å²) >= 11 is 6.75. The molecule has 0 spiro atoms. The van der Waals surface area contributed by atoms with E-state index in [0.29, 0.717) is 9.23 Å². The van der Waals surface area contributed by atoms with Crippen molar-refractivity contribution in [1.82, 2.24) is 0 Å². The molecule has 126 valence electrons. The fraction of sp³-hybridized carbons (Fsp3) is 0. The van der Waals surface area contributed by atoms with E-state index in [4.69, 9.17) is 12.2 Å². The van der Waals surface area contributed by atoms with Crippen molar-refractivity contribution in [2.75, 3.05) is 4.90 Å². The van der Waals surface area contributed by atoms with Crippen LogP contribution in [0.2, 0.25) is 0 Å². The van der Waals surface area contributed by atoms with Gasteiger partial charge in [-0.15, -0.1) is 0 Å². The molecular formula is C22H15NOS2. The Labute approximate surface area is 162 Å². The van der Waals surface area contributed by atoms with Gasteiger partial charge in [0.25, 0.3) is 5.91 Å². The Bertz CT molecular complexity index is 980. The number of anilines is 1. The van der Waals surface area contributed by atoms with Gasteiger partial charge in [0.2, 0.25) is 0 Å². The first-order valence-electron chi connectivity index (χ1n) is 8.21.